The van der Waals surface area contributed by atoms with Crippen LogP contribution in [0, 0.1) is 0 Å². The maximum absolute atomic E-state index is 13.3. The normalized spacial score (nSPS) is 16.7. The minimum Gasteiger partial charge on any atom is -0.372 e. The van der Waals surface area contributed by atoms with Crippen LogP contribution in [0.3, 0.4) is 0 Å². The van der Waals surface area contributed by atoms with E-state index in [9.17, 15) is 31.1 Å². The van der Waals surface area contributed by atoms with E-state index in [1.807, 2.05) is 13.0 Å². The molecule has 1 amide bonds. The fraction of sp³-hybridized carbons (Fsp3) is 0.318. The second kappa shape index (κ2) is 8.35. The van der Waals surface area contributed by atoms with Gasteiger partial charge in [0.05, 0.1) is 35.0 Å². The molecule has 4 rings (SSSR count). The minimum atomic E-state index is -5.02. The number of carbonyl (C=O) groups is 1. The number of aromatic nitrogens is 1. The summed E-state index contributed by atoms with van der Waals surface area (Å²) in [6.07, 6.45) is -9.45. The van der Waals surface area contributed by atoms with Gasteiger partial charge in [-0.25, -0.2) is 4.79 Å². The highest BCUT2D eigenvalue weighted by molar-refractivity contribution is 9.10. The van der Waals surface area contributed by atoms with E-state index in [2.05, 4.69) is 21.2 Å². The number of rotatable bonds is 2. The van der Waals surface area contributed by atoms with Crippen LogP contribution in [0.25, 0.3) is 10.9 Å². The van der Waals surface area contributed by atoms with Gasteiger partial charge in [0.15, 0.2) is 0 Å². The average Bonchev–Trinajstić information content (AvgIpc) is 3.06. The number of amides is 1. The van der Waals surface area contributed by atoms with Crippen LogP contribution < -0.4 is 5.32 Å². The summed E-state index contributed by atoms with van der Waals surface area (Å²) in [4.78, 5) is 13.3. The molecule has 1 N–H and O–H groups in total. The molecule has 0 radical (unpaired) electrons. The zero-order chi connectivity index (χ0) is 24.1. The number of fused-ring (bicyclic) bond motifs is 3. The van der Waals surface area contributed by atoms with Gasteiger partial charge < -0.3 is 10.1 Å². The van der Waals surface area contributed by atoms with Crippen LogP contribution in [0.15, 0.2) is 40.9 Å². The number of halogens is 7. The van der Waals surface area contributed by atoms with E-state index in [-0.39, 0.29) is 6.07 Å². The van der Waals surface area contributed by atoms with Gasteiger partial charge in [0.1, 0.15) is 0 Å². The number of hydrogen-bond donors (Lipinski definition) is 1. The maximum atomic E-state index is 13.3. The van der Waals surface area contributed by atoms with Crippen LogP contribution in [0.5, 0.6) is 0 Å². The van der Waals surface area contributed by atoms with Crippen molar-refractivity contribution in [1.29, 1.82) is 0 Å². The predicted octanol–water partition coefficient (Wildman–Crippen LogP) is 7.55. The van der Waals surface area contributed by atoms with Crippen molar-refractivity contribution in [3.8, 4) is 0 Å². The van der Waals surface area contributed by atoms with Crippen molar-refractivity contribution in [3.05, 3.63) is 63.3 Å². The van der Waals surface area contributed by atoms with E-state index < -0.39 is 41.3 Å². The average molecular weight is 535 g/mol. The van der Waals surface area contributed by atoms with Crippen molar-refractivity contribution in [2.24, 2.45) is 0 Å². The number of anilines is 1. The Morgan fingerprint density at radius 1 is 1.09 bits per heavy atom. The number of carbonyl (C=O) groups excluding carboxylic acids is 1. The van der Waals surface area contributed by atoms with Crippen molar-refractivity contribution >= 4 is 38.6 Å². The summed E-state index contributed by atoms with van der Waals surface area (Å²) in [5.74, 6) is 0. The van der Waals surface area contributed by atoms with Gasteiger partial charge in [-0.15, -0.1) is 0 Å². The van der Waals surface area contributed by atoms with E-state index >= 15 is 0 Å². The fourth-order valence-electron chi connectivity index (χ4n) is 4.07. The lowest BCUT2D eigenvalue weighted by Crippen LogP contribution is -2.26. The maximum Gasteiger partial charge on any atom is 0.416 e. The molecule has 3 aromatic rings. The molecule has 0 fully saturated rings. The molecule has 1 atom stereocenters. The smallest absolute Gasteiger partial charge is 0.372 e. The second-order valence-corrected chi connectivity index (χ2v) is 8.52. The highest BCUT2D eigenvalue weighted by Crippen LogP contribution is 2.40. The molecule has 4 nitrogen and oxygen atoms in total. The first-order valence-corrected chi connectivity index (χ1v) is 10.7. The number of nitrogens with zero attached hydrogens (tertiary/aromatic N) is 1. The van der Waals surface area contributed by atoms with Crippen LogP contribution in [-0.2, 0) is 23.5 Å². The van der Waals surface area contributed by atoms with Crippen molar-refractivity contribution in [1.82, 2.24) is 4.57 Å². The monoisotopic (exact) mass is 534 g/mol. The van der Waals surface area contributed by atoms with Crippen molar-refractivity contribution in [2.45, 2.75) is 38.2 Å². The number of ether oxygens (including phenoxy) is 1. The van der Waals surface area contributed by atoms with Gasteiger partial charge in [0, 0.05) is 15.5 Å². The first-order chi connectivity index (χ1) is 15.4. The number of alkyl halides is 6. The Labute approximate surface area is 192 Å². The van der Waals surface area contributed by atoms with Crippen LogP contribution in [-0.4, -0.2) is 17.2 Å². The fourth-order valence-corrected chi connectivity index (χ4v) is 4.43. The molecule has 0 bridgehead atoms. The van der Waals surface area contributed by atoms with Gasteiger partial charge in [-0.05, 0) is 54.8 Å². The molecule has 0 spiro atoms. The van der Waals surface area contributed by atoms with Gasteiger partial charge in [-0.2, -0.15) is 26.3 Å². The van der Waals surface area contributed by atoms with E-state index in [4.69, 9.17) is 4.74 Å². The van der Waals surface area contributed by atoms with Gasteiger partial charge in [0.2, 0.25) is 0 Å². The van der Waals surface area contributed by atoms with Gasteiger partial charge in [-0.3, -0.25) is 4.57 Å². The summed E-state index contributed by atoms with van der Waals surface area (Å²) in [5.41, 5.74) is -1.75. The SMILES string of the molecule is CCC1OCCc2c1n(C(=O)Nc1cc(C(F)(F)F)cc(C(F)(F)F)c1)c1ccc(Br)cc21. The summed E-state index contributed by atoms with van der Waals surface area (Å²) < 4.78 is 87.1. The molecular formula is C22H17BrF6N2O2. The Kier molecular flexibility index (Phi) is 5.98. The van der Waals surface area contributed by atoms with Crippen molar-refractivity contribution in [2.75, 3.05) is 11.9 Å². The Bertz CT molecular complexity index is 1200. The Hall–Kier alpha value is -2.53. The van der Waals surface area contributed by atoms with Crippen LogP contribution in [0.4, 0.5) is 36.8 Å². The van der Waals surface area contributed by atoms with Crippen LogP contribution in [0.2, 0.25) is 0 Å². The minimum absolute atomic E-state index is 0.0149. The third-order valence-corrected chi connectivity index (χ3v) is 5.96. The molecule has 2 heterocycles. The van der Waals surface area contributed by atoms with Crippen molar-refractivity contribution < 1.29 is 35.9 Å². The van der Waals surface area contributed by atoms with Crippen LogP contribution in [0.1, 0.15) is 41.8 Å². The topological polar surface area (TPSA) is 43.3 Å². The molecule has 1 aromatic heterocycles. The van der Waals surface area contributed by atoms with Gasteiger partial charge in [-0.1, -0.05) is 22.9 Å². The largest absolute Gasteiger partial charge is 0.416 e. The molecule has 0 saturated heterocycles. The quantitative estimate of drug-likeness (QED) is 0.345. The second-order valence-electron chi connectivity index (χ2n) is 7.60. The van der Waals surface area contributed by atoms with E-state index in [0.717, 1.165) is 15.4 Å². The lowest BCUT2D eigenvalue weighted by molar-refractivity contribution is -0.143. The van der Waals surface area contributed by atoms with Gasteiger partial charge >= 0.3 is 18.4 Å². The molecule has 0 saturated carbocycles. The highest BCUT2D eigenvalue weighted by atomic mass is 79.9. The first-order valence-electron chi connectivity index (χ1n) is 9.95. The van der Waals surface area contributed by atoms with Crippen molar-refractivity contribution in [3.63, 3.8) is 0 Å². The van der Waals surface area contributed by atoms with E-state index in [1.54, 1.807) is 12.1 Å². The lowest BCUT2D eigenvalue weighted by atomic mass is 10.0. The summed E-state index contributed by atoms with van der Waals surface area (Å²) in [5, 5.41) is 2.99. The highest BCUT2D eigenvalue weighted by Gasteiger charge is 2.37. The number of hydrogen-bond acceptors (Lipinski definition) is 2. The Morgan fingerprint density at radius 3 is 2.30 bits per heavy atom. The molecule has 0 aliphatic carbocycles. The summed E-state index contributed by atoms with van der Waals surface area (Å²) in [6.45, 7) is 2.29. The first kappa shape index (κ1) is 23.6. The number of benzene rings is 2. The summed E-state index contributed by atoms with van der Waals surface area (Å²) >= 11 is 3.39. The number of nitrogens with one attached hydrogen (secondary N) is 1. The standard InChI is InChI=1S/C22H17BrF6N2O2/c1-2-18-19-15(5-6-33-18)16-10-13(23)3-4-17(16)31(19)20(32)30-14-8-11(21(24,25)26)7-12(9-14)22(27,28)29/h3-4,7-10,18H,2,5-6H2,1H3,(H,30,32). The Balaban J connectivity index is 1.84. The molecule has 1 unspecified atom stereocenters. The third kappa shape index (κ3) is 4.48. The Morgan fingerprint density at radius 2 is 1.73 bits per heavy atom. The molecule has 1 aliphatic rings. The zero-order valence-electron chi connectivity index (χ0n) is 17.1. The van der Waals surface area contributed by atoms with Gasteiger partial charge in [0.25, 0.3) is 0 Å². The lowest BCUT2D eigenvalue weighted by Gasteiger charge is -2.25. The van der Waals surface area contributed by atoms with Crippen LogP contribution >= 0.6 is 15.9 Å². The molecule has 176 valence electrons. The molecule has 11 heteroatoms. The predicted molar refractivity (Wildman–Crippen MR) is 113 cm³/mol. The molecule has 2 aromatic carbocycles. The van der Waals surface area contributed by atoms with E-state index in [0.29, 0.717) is 42.8 Å². The summed E-state index contributed by atoms with van der Waals surface area (Å²) in [7, 11) is 0. The van der Waals surface area contributed by atoms with E-state index in [1.165, 1.54) is 4.57 Å². The third-order valence-electron chi connectivity index (χ3n) is 5.46. The molecular weight excluding hydrogens is 518 g/mol. The zero-order valence-corrected chi connectivity index (χ0v) is 18.7. The molecule has 33 heavy (non-hydrogen) atoms. The molecule has 1 aliphatic heterocycles. The summed E-state index contributed by atoms with van der Waals surface area (Å²) in [6, 6.07) is 5.29.